The van der Waals surface area contributed by atoms with Gasteiger partial charge in [-0.15, -0.1) is 0 Å². The Bertz CT molecular complexity index is 435. The van der Waals surface area contributed by atoms with Gasteiger partial charge in [0.1, 0.15) is 0 Å². The van der Waals surface area contributed by atoms with Crippen molar-refractivity contribution in [2.75, 3.05) is 5.73 Å². The van der Waals surface area contributed by atoms with E-state index in [0.717, 1.165) is 30.5 Å². The largest absolute Gasteiger partial charge is 0.398 e. The van der Waals surface area contributed by atoms with Gasteiger partial charge in [0.05, 0.1) is 1.37 Å². The third-order valence-corrected chi connectivity index (χ3v) is 4.08. The molecule has 0 spiro atoms. The first-order chi connectivity index (χ1) is 7.68. The van der Waals surface area contributed by atoms with Crippen LogP contribution in [0.5, 0.6) is 0 Å². The Hall–Kier alpha value is -0.980. The van der Waals surface area contributed by atoms with Crippen molar-refractivity contribution in [3.05, 3.63) is 28.8 Å². The molecule has 80 valence electrons. The first-order valence-electron chi connectivity index (χ1n) is 6.59. The van der Waals surface area contributed by atoms with Crippen molar-refractivity contribution in [3.8, 4) is 0 Å². The molecule has 3 rings (SSSR count). The maximum absolute atomic E-state index is 8.09. The van der Waals surface area contributed by atoms with E-state index in [-0.39, 0.29) is 0 Å². The van der Waals surface area contributed by atoms with Crippen LogP contribution in [0.1, 0.15) is 50.2 Å². The summed E-state index contributed by atoms with van der Waals surface area (Å²) in [7, 11) is 0. The molecule has 2 aliphatic rings. The fourth-order valence-electron chi connectivity index (χ4n) is 2.84. The van der Waals surface area contributed by atoms with E-state index in [1.807, 2.05) is 6.07 Å². The number of hydrogen-bond acceptors (Lipinski definition) is 1. The highest BCUT2D eigenvalue weighted by molar-refractivity contribution is 5.60. The molecule has 0 unspecified atom stereocenters. The Morgan fingerprint density at radius 2 is 2.27 bits per heavy atom. The van der Waals surface area contributed by atoms with E-state index in [1.165, 1.54) is 36.0 Å². The van der Waals surface area contributed by atoms with Crippen LogP contribution < -0.4 is 5.73 Å². The molecule has 0 amide bonds. The predicted molar refractivity (Wildman–Crippen MR) is 64.0 cm³/mol. The lowest BCUT2D eigenvalue weighted by Gasteiger charge is -2.16. The summed E-state index contributed by atoms with van der Waals surface area (Å²) >= 11 is 0. The molecular formula is C14H19N. The van der Waals surface area contributed by atoms with Crippen LogP contribution in [0.15, 0.2) is 12.1 Å². The Morgan fingerprint density at radius 3 is 3.00 bits per heavy atom. The molecule has 1 atom stereocenters. The van der Waals surface area contributed by atoms with E-state index in [1.54, 1.807) is 0 Å². The molecule has 0 aliphatic heterocycles. The fraction of sp³-hybridized carbons (Fsp3) is 0.571. The van der Waals surface area contributed by atoms with Crippen LogP contribution in [0, 0.1) is 5.92 Å². The van der Waals surface area contributed by atoms with E-state index >= 15 is 0 Å². The third-order valence-electron chi connectivity index (χ3n) is 4.08. The van der Waals surface area contributed by atoms with Gasteiger partial charge in [-0.1, -0.05) is 19.0 Å². The van der Waals surface area contributed by atoms with Gasteiger partial charge in [-0.2, -0.15) is 0 Å². The van der Waals surface area contributed by atoms with Crippen molar-refractivity contribution in [1.82, 2.24) is 0 Å². The van der Waals surface area contributed by atoms with Crippen LogP contribution in [0.3, 0.4) is 0 Å². The maximum Gasteiger partial charge on any atom is 0.0626 e. The second-order valence-corrected chi connectivity index (χ2v) is 5.09. The van der Waals surface area contributed by atoms with Crippen molar-refractivity contribution in [2.24, 2.45) is 5.92 Å². The van der Waals surface area contributed by atoms with Crippen molar-refractivity contribution in [1.29, 1.82) is 0 Å². The lowest BCUT2D eigenvalue weighted by atomic mass is 9.91. The second-order valence-electron chi connectivity index (χ2n) is 5.09. The predicted octanol–water partition coefficient (Wildman–Crippen LogP) is 3.27. The highest BCUT2D eigenvalue weighted by atomic mass is 14.6. The van der Waals surface area contributed by atoms with E-state index in [2.05, 4.69) is 6.92 Å². The SMILES string of the molecule is [2H]c1cc([C@@H](C)C2CC2)c(N)c2c1CCC2. The number of fused-ring (bicyclic) bond motifs is 1. The highest BCUT2D eigenvalue weighted by Gasteiger charge is 2.31. The van der Waals surface area contributed by atoms with E-state index in [4.69, 9.17) is 7.10 Å². The summed E-state index contributed by atoms with van der Waals surface area (Å²) in [5.41, 5.74) is 11.0. The van der Waals surface area contributed by atoms with Gasteiger partial charge in [-0.05, 0) is 60.6 Å². The summed E-state index contributed by atoms with van der Waals surface area (Å²) in [4.78, 5) is 0. The molecule has 0 saturated heterocycles. The number of rotatable bonds is 2. The van der Waals surface area contributed by atoms with Crippen molar-refractivity contribution < 1.29 is 1.37 Å². The molecule has 1 nitrogen and oxygen atoms in total. The van der Waals surface area contributed by atoms with Crippen molar-refractivity contribution in [2.45, 2.75) is 44.9 Å². The molecule has 1 aromatic carbocycles. The number of anilines is 1. The van der Waals surface area contributed by atoms with E-state index in [0.29, 0.717) is 5.92 Å². The first-order valence-corrected chi connectivity index (χ1v) is 6.09. The van der Waals surface area contributed by atoms with Gasteiger partial charge in [-0.25, -0.2) is 0 Å². The summed E-state index contributed by atoms with van der Waals surface area (Å²) in [5.74, 6) is 1.37. The van der Waals surface area contributed by atoms with Crippen molar-refractivity contribution in [3.63, 3.8) is 0 Å². The number of nitrogens with two attached hydrogens (primary N) is 1. The first kappa shape index (κ1) is 8.20. The second kappa shape index (κ2) is 3.26. The Balaban J connectivity index is 2.08. The Labute approximate surface area is 93.1 Å². The summed E-state index contributed by atoms with van der Waals surface area (Å²) in [6.07, 6.45) is 5.98. The zero-order chi connectivity index (χ0) is 11.3. The minimum absolute atomic E-state index is 0.551. The third kappa shape index (κ3) is 1.45. The van der Waals surface area contributed by atoms with Gasteiger partial charge in [0, 0.05) is 5.69 Å². The van der Waals surface area contributed by atoms with Crippen LogP contribution in [0.4, 0.5) is 5.69 Å². The average Bonchev–Trinajstić information content (AvgIpc) is 2.99. The quantitative estimate of drug-likeness (QED) is 0.732. The molecule has 2 N–H and O–H groups in total. The zero-order valence-corrected chi connectivity index (χ0v) is 9.34. The van der Waals surface area contributed by atoms with Crippen LogP contribution >= 0.6 is 0 Å². The van der Waals surface area contributed by atoms with Gasteiger partial charge < -0.3 is 5.73 Å². The number of hydrogen-bond donors (Lipinski definition) is 1. The molecule has 1 fully saturated rings. The smallest absolute Gasteiger partial charge is 0.0626 e. The monoisotopic (exact) mass is 202 g/mol. The molecule has 1 aromatic rings. The zero-order valence-electron chi connectivity index (χ0n) is 10.3. The van der Waals surface area contributed by atoms with Crippen LogP contribution in [-0.2, 0) is 12.8 Å². The molecule has 0 radical (unpaired) electrons. The molecule has 0 bridgehead atoms. The molecular weight excluding hydrogens is 182 g/mol. The molecule has 2 aliphatic carbocycles. The number of nitrogen functional groups attached to an aromatic ring is 1. The van der Waals surface area contributed by atoms with Gasteiger partial charge >= 0.3 is 0 Å². The number of benzene rings is 1. The minimum Gasteiger partial charge on any atom is -0.398 e. The fourth-order valence-corrected chi connectivity index (χ4v) is 2.84. The molecule has 1 saturated carbocycles. The lowest BCUT2D eigenvalue weighted by molar-refractivity contribution is 0.665. The highest BCUT2D eigenvalue weighted by Crippen LogP contribution is 2.45. The van der Waals surface area contributed by atoms with E-state index in [9.17, 15) is 0 Å². The average molecular weight is 202 g/mol. The van der Waals surface area contributed by atoms with Crippen LogP contribution in [0.2, 0.25) is 0 Å². The van der Waals surface area contributed by atoms with Crippen LogP contribution in [-0.4, -0.2) is 0 Å². The maximum atomic E-state index is 8.09. The van der Waals surface area contributed by atoms with Crippen molar-refractivity contribution >= 4 is 5.69 Å². The summed E-state index contributed by atoms with van der Waals surface area (Å²) in [6.45, 7) is 2.27. The Morgan fingerprint density at radius 1 is 1.47 bits per heavy atom. The molecule has 0 heterocycles. The molecule has 0 aromatic heterocycles. The normalized spacial score (nSPS) is 22.3. The topological polar surface area (TPSA) is 26.0 Å². The molecule has 15 heavy (non-hydrogen) atoms. The van der Waals surface area contributed by atoms with E-state index < -0.39 is 0 Å². The summed E-state index contributed by atoms with van der Waals surface area (Å²) in [6, 6.07) is 2.76. The summed E-state index contributed by atoms with van der Waals surface area (Å²) in [5, 5.41) is 0. The Kier molecular flexibility index (Phi) is 1.78. The standard InChI is InChI=1S/C14H19N/c1-9(10-5-6-10)12-8-7-11-3-2-4-13(11)14(12)15/h7-10H,2-6,15H2,1H3/t9-/m0/s1/i7D. The van der Waals surface area contributed by atoms with Gasteiger partial charge in [0.2, 0.25) is 0 Å². The molecule has 1 heteroatoms. The lowest BCUT2D eigenvalue weighted by Crippen LogP contribution is -2.04. The minimum atomic E-state index is 0.551. The van der Waals surface area contributed by atoms with Gasteiger partial charge in [0.25, 0.3) is 0 Å². The van der Waals surface area contributed by atoms with Crippen LogP contribution in [0.25, 0.3) is 0 Å². The van der Waals surface area contributed by atoms with Gasteiger partial charge in [0.15, 0.2) is 0 Å². The van der Waals surface area contributed by atoms with Gasteiger partial charge in [-0.3, -0.25) is 0 Å². The summed E-state index contributed by atoms with van der Waals surface area (Å²) < 4.78 is 8.09.